The lowest BCUT2D eigenvalue weighted by atomic mass is 10.3. The van der Waals surface area contributed by atoms with E-state index >= 15 is 0 Å². The maximum atomic E-state index is 10.6. The van der Waals surface area contributed by atoms with E-state index < -0.39 is 0 Å². The highest BCUT2D eigenvalue weighted by molar-refractivity contribution is 5.91. The summed E-state index contributed by atoms with van der Waals surface area (Å²) < 4.78 is 0. The molecule has 66 valence electrons. The second kappa shape index (κ2) is 5.23. The molecule has 1 heterocycles. The first-order valence-corrected chi connectivity index (χ1v) is 3.78. The highest BCUT2D eigenvalue weighted by Gasteiger charge is 1.98. The van der Waals surface area contributed by atoms with E-state index in [0.29, 0.717) is 11.5 Å². The van der Waals surface area contributed by atoms with Gasteiger partial charge in [0.15, 0.2) is 5.78 Å². The number of nitrogens with zero attached hydrogens (tertiary/aromatic N) is 2. The first-order chi connectivity index (χ1) is 5.70. The fraction of sp³-hybridized carbons (Fsp3) is 0.375. The number of hydrogen-bond acceptors (Lipinski definition) is 4. The molecule has 1 rings (SSSR count). The third-order valence-electron chi connectivity index (χ3n) is 1.03. The van der Waals surface area contributed by atoms with Gasteiger partial charge in [0.25, 0.3) is 0 Å². The highest BCUT2D eigenvalue weighted by Crippen LogP contribution is 1.95. The van der Waals surface area contributed by atoms with Crippen molar-refractivity contribution in [3.63, 3.8) is 0 Å². The molecule has 0 amide bonds. The summed E-state index contributed by atoms with van der Waals surface area (Å²) in [4.78, 5) is 18.0. The second-order valence-corrected chi connectivity index (χ2v) is 1.88. The van der Waals surface area contributed by atoms with Gasteiger partial charge in [-0.1, -0.05) is 13.8 Å². The molecule has 0 atom stereocenters. The minimum Gasteiger partial charge on any atom is -0.382 e. The Labute approximate surface area is 71.8 Å². The molecule has 0 saturated carbocycles. The van der Waals surface area contributed by atoms with Crippen LogP contribution < -0.4 is 5.73 Å². The number of aromatic nitrogens is 2. The number of carbonyl (C=O) groups is 1. The molecule has 0 unspecified atom stereocenters. The number of ketones is 1. The van der Waals surface area contributed by atoms with Crippen LogP contribution in [0.5, 0.6) is 0 Å². The summed E-state index contributed by atoms with van der Waals surface area (Å²) in [7, 11) is 0. The van der Waals surface area contributed by atoms with Crippen LogP contribution >= 0.6 is 0 Å². The lowest BCUT2D eigenvalue weighted by molar-refractivity contribution is 0.101. The molecule has 0 fully saturated rings. The van der Waals surface area contributed by atoms with E-state index in [2.05, 4.69) is 9.97 Å². The topological polar surface area (TPSA) is 68.9 Å². The van der Waals surface area contributed by atoms with E-state index in [1.807, 2.05) is 13.8 Å². The van der Waals surface area contributed by atoms with Crippen molar-refractivity contribution in [1.82, 2.24) is 9.97 Å². The van der Waals surface area contributed by atoms with Crippen LogP contribution in [0.25, 0.3) is 0 Å². The number of Topliss-reactive ketones (excluding diaryl/α,β-unsaturated/α-hetero) is 1. The zero-order valence-electron chi connectivity index (χ0n) is 7.53. The van der Waals surface area contributed by atoms with Gasteiger partial charge in [-0.15, -0.1) is 0 Å². The van der Waals surface area contributed by atoms with Crippen molar-refractivity contribution in [1.29, 1.82) is 0 Å². The molecule has 0 aliphatic carbocycles. The van der Waals surface area contributed by atoms with Gasteiger partial charge in [-0.05, 0) is 0 Å². The van der Waals surface area contributed by atoms with Gasteiger partial charge in [0, 0.05) is 6.92 Å². The highest BCUT2D eigenvalue weighted by atomic mass is 16.1. The molecule has 12 heavy (non-hydrogen) atoms. The van der Waals surface area contributed by atoms with Crippen molar-refractivity contribution in [2.75, 3.05) is 5.73 Å². The van der Waals surface area contributed by atoms with Gasteiger partial charge in [-0.25, -0.2) is 9.97 Å². The lowest BCUT2D eigenvalue weighted by Gasteiger charge is -1.92. The Morgan fingerprint density at radius 3 is 2.25 bits per heavy atom. The van der Waals surface area contributed by atoms with Gasteiger partial charge >= 0.3 is 0 Å². The summed E-state index contributed by atoms with van der Waals surface area (Å²) in [6.45, 7) is 5.43. The first kappa shape index (κ1) is 10.6. The van der Waals surface area contributed by atoms with Gasteiger partial charge in [0.2, 0.25) is 0 Å². The van der Waals surface area contributed by atoms with E-state index in [4.69, 9.17) is 5.73 Å². The molecule has 0 radical (unpaired) electrons. The standard InChI is InChI=1S/C6H7N3O.C2H6/c1-4(10)5-2-9-6(7)3-8-5;1-2/h2-3H,1H3,(H2,7,9);1-2H3. The molecule has 4 heteroatoms. The molecule has 0 saturated heterocycles. The Morgan fingerprint density at radius 2 is 1.92 bits per heavy atom. The zero-order valence-corrected chi connectivity index (χ0v) is 7.53. The van der Waals surface area contributed by atoms with E-state index in [-0.39, 0.29) is 5.78 Å². The fourth-order valence-electron chi connectivity index (χ4n) is 0.520. The molecule has 0 aromatic carbocycles. The van der Waals surface area contributed by atoms with E-state index in [1.54, 1.807) is 0 Å². The van der Waals surface area contributed by atoms with Crippen LogP contribution in [0.1, 0.15) is 31.3 Å². The molecule has 4 nitrogen and oxygen atoms in total. The normalized spacial score (nSPS) is 8.25. The van der Waals surface area contributed by atoms with Crippen molar-refractivity contribution in [2.24, 2.45) is 0 Å². The van der Waals surface area contributed by atoms with Crippen molar-refractivity contribution in [2.45, 2.75) is 20.8 Å². The minimum absolute atomic E-state index is 0.104. The summed E-state index contributed by atoms with van der Waals surface area (Å²) in [5, 5.41) is 0. The molecular formula is C8H13N3O. The minimum atomic E-state index is -0.104. The predicted molar refractivity (Wildman–Crippen MR) is 47.8 cm³/mol. The van der Waals surface area contributed by atoms with Crippen LogP contribution in [0, 0.1) is 0 Å². The summed E-state index contributed by atoms with van der Waals surface area (Å²) in [6, 6.07) is 0. The van der Waals surface area contributed by atoms with E-state index in [0.717, 1.165) is 0 Å². The van der Waals surface area contributed by atoms with Crippen molar-refractivity contribution >= 4 is 11.6 Å². The Kier molecular flexibility index (Phi) is 4.60. The van der Waals surface area contributed by atoms with Crippen molar-refractivity contribution < 1.29 is 4.79 Å². The van der Waals surface area contributed by atoms with Gasteiger partial charge in [-0.3, -0.25) is 4.79 Å². The maximum absolute atomic E-state index is 10.6. The largest absolute Gasteiger partial charge is 0.382 e. The molecule has 0 bridgehead atoms. The van der Waals surface area contributed by atoms with Gasteiger partial charge in [-0.2, -0.15) is 0 Å². The average Bonchev–Trinajstić information content (AvgIpc) is 2.09. The molecule has 0 spiro atoms. The molecule has 0 aliphatic heterocycles. The smallest absolute Gasteiger partial charge is 0.179 e. The number of hydrogen-bond donors (Lipinski definition) is 1. The van der Waals surface area contributed by atoms with Gasteiger partial charge in [0.1, 0.15) is 11.5 Å². The Hall–Kier alpha value is -1.45. The summed E-state index contributed by atoms with van der Waals surface area (Å²) in [5.74, 6) is 0.220. The number of rotatable bonds is 1. The Bertz CT molecular complexity index is 243. The first-order valence-electron chi connectivity index (χ1n) is 3.78. The second-order valence-electron chi connectivity index (χ2n) is 1.88. The summed E-state index contributed by atoms with van der Waals surface area (Å²) in [5.41, 5.74) is 5.58. The Morgan fingerprint density at radius 1 is 1.33 bits per heavy atom. The van der Waals surface area contributed by atoms with E-state index in [1.165, 1.54) is 19.3 Å². The zero-order chi connectivity index (χ0) is 9.56. The average molecular weight is 167 g/mol. The van der Waals surface area contributed by atoms with Crippen LogP contribution in [0.3, 0.4) is 0 Å². The van der Waals surface area contributed by atoms with Crippen LogP contribution in [-0.2, 0) is 0 Å². The van der Waals surface area contributed by atoms with Crippen molar-refractivity contribution in [3.05, 3.63) is 18.1 Å². The monoisotopic (exact) mass is 167 g/mol. The number of carbonyl (C=O) groups excluding carboxylic acids is 1. The van der Waals surface area contributed by atoms with Gasteiger partial charge in [0.05, 0.1) is 12.4 Å². The van der Waals surface area contributed by atoms with Crippen LogP contribution in [-0.4, -0.2) is 15.8 Å². The molecular weight excluding hydrogens is 154 g/mol. The van der Waals surface area contributed by atoms with Gasteiger partial charge < -0.3 is 5.73 Å². The maximum Gasteiger partial charge on any atom is 0.179 e. The number of nitrogen functional groups attached to an aromatic ring is 1. The molecule has 2 N–H and O–H groups in total. The van der Waals surface area contributed by atoms with Crippen LogP contribution in [0.15, 0.2) is 12.4 Å². The van der Waals surface area contributed by atoms with Crippen LogP contribution in [0.4, 0.5) is 5.82 Å². The quantitative estimate of drug-likeness (QED) is 0.640. The number of anilines is 1. The predicted octanol–water partition coefficient (Wildman–Crippen LogP) is 1.29. The molecule has 1 aromatic heterocycles. The van der Waals surface area contributed by atoms with E-state index in [9.17, 15) is 4.79 Å². The Balaban J connectivity index is 0.000000561. The third kappa shape index (κ3) is 3.09. The molecule has 0 aliphatic rings. The third-order valence-corrected chi connectivity index (χ3v) is 1.03. The van der Waals surface area contributed by atoms with Crippen LogP contribution in [0.2, 0.25) is 0 Å². The SMILES string of the molecule is CC.CC(=O)c1cnc(N)cn1. The summed E-state index contributed by atoms with van der Waals surface area (Å²) >= 11 is 0. The lowest BCUT2D eigenvalue weighted by Crippen LogP contribution is -1.99. The number of nitrogens with two attached hydrogens (primary N) is 1. The fourth-order valence-corrected chi connectivity index (χ4v) is 0.520. The van der Waals surface area contributed by atoms with Crippen molar-refractivity contribution in [3.8, 4) is 0 Å². The molecule has 1 aromatic rings. The summed E-state index contributed by atoms with van der Waals surface area (Å²) in [6.07, 6.45) is 2.72.